The fourth-order valence-corrected chi connectivity index (χ4v) is 3.90. The van der Waals surface area contributed by atoms with E-state index in [0.717, 1.165) is 13.1 Å². The lowest BCUT2D eigenvalue weighted by Crippen LogP contribution is -2.28. The van der Waals surface area contributed by atoms with E-state index in [1.807, 2.05) is 0 Å². The summed E-state index contributed by atoms with van der Waals surface area (Å²) in [5.41, 5.74) is 1.50. The van der Waals surface area contributed by atoms with Crippen molar-refractivity contribution >= 4 is 0 Å². The van der Waals surface area contributed by atoms with Crippen molar-refractivity contribution in [3.8, 4) is 0 Å². The van der Waals surface area contributed by atoms with E-state index < -0.39 is 0 Å². The van der Waals surface area contributed by atoms with Gasteiger partial charge in [0.2, 0.25) is 0 Å². The van der Waals surface area contributed by atoms with Crippen LogP contribution in [-0.2, 0) is 0 Å². The Bertz CT molecular complexity index is 382. The Morgan fingerprint density at radius 3 is 1.60 bits per heavy atom. The van der Waals surface area contributed by atoms with E-state index in [2.05, 4.69) is 56.0 Å². The van der Waals surface area contributed by atoms with Gasteiger partial charge in [-0.1, -0.05) is 122 Å². The van der Waals surface area contributed by atoms with E-state index in [1.165, 1.54) is 82.6 Å². The van der Waals surface area contributed by atoms with Crippen LogP contribution in [0.25, 0.3) is 0 Å². The number of hydrogen-bond donors (Lipinski definition) is 0. The molecule has 1 aromatic rings. The Hall–Kier alpha value is -0.820. The molecule has 25 heavy (non-hydrogen) atoms. The predicted octanol–water partition coefficient (Wildman–Crippen LogP) is 7.77. The van der Waals surface area contributed by atoms with Crippen LogP contribution in [0.4, 0.5) is 0 Å². The van der Waals surface area contributed by atoms with Crippen LogP contribution in [0.1, 0.15) is 109 Å². The topological polar surface area (TPSA) is 3.24 Å². The quantitative estimate of drug-likeness (QED) is 0.276. The predicted molar refractivity (Wildman–Crippen MR) is 113 cm³/mol. The number of rotatable bonds is 16. The third kappa shape index (κ3) is 10.0. The molecule has 0 saturated carbocycles. The maximum absolute atomic E-state index is 2.62. The van der Waals surface area contributed by atoms with E-state index in [-0.39, 0.29) is 0 Å². The van der Waals surface area contributed by atoms with Crippen molar-refractivity contribution < 1.29 is 0 Å². The van der Waals surface area contributed by atoms with Gasteiger partial charge in [0.05, 0.1) is 0 Å². The molecule has 1 nitrogen and oxygen atoms in total. The molecule has 0 aliphatic heterocycles. The summed E-state index contributed by atoms with van der Waals surface area (Å²) >= 11 is 0. The zero-order valence-corrected chi connectivity index (χ0v) is 17.3. The average molecular weight is 346 g/mol. The second kappa shape index (κ2) is 15.4. The summed E-state index contributed by atoms with van der Waals surface area (Å²) < 4.78 is 0. The normalized spacial score (nSPS) is 12.6. The van der Waals surface area contributed by atoms with Crippen LogP contribution in [0.5, 0.6) is 0 Å². The van der Waals surface area contributed by atoms with Gasteiger partial charge in [-0.25, -0.2) is 0 Å². The molecule has 0 spiro atoms. The first kappa shape index (κ1) is 22.2. The second-order valence-electron chi connectivity index (χ2n) is 7.47. The van der Waals surface area contributed by atoms with Crippen LogP contribution in [0.3, 0.4) is 0 Å². The van der Waals surface area contributed by atoms with Gasteiger partial charge in [0.25, 0.3) is 0 Å². The van der Waals surface area contributed by atoms with Gasteiger partial charge in [-0.3, -0.25) is 4.90 Å². The Balaban J connectivity index is 2.16. The summed E-state index contributed by atoms with van der Waals surface area (Å²) in [6.07, 6.45) is 17.0. The smallest absolute Gasteiger partial charge is 0.0347 e. The fourth-order valence-electron chi connectivity index (χ4n) is 3.90. The summed E-state index contributed by atoms with van der Waals surface area (Å²) in [5, 5.41) is 0. The van der Waals surface area contributed by atoms with Gasteiger partial charge in [0.1, 0.15) is 0 Å². The van der Waals surface area contributed by atoms with E-state index in [1.54, 1.807) is 0 Å². The van der Waals surface area contributed by atoms with E-state index in [0.29, 0.717) is 6.04 Å². The maximum Gasteiger partial charge on any atom is 0.0347 e. The summed E-state index contributed by atoms with van der Waals surface area (Å²) in [4.78, 5) is 2.62. The van der Waals surface area contributed by atoms with Crippen molar-refractivity contribution in [3.05, 3.63) is 35.9 Å². The average Bonchev–Trinajstić information content (AvgIpc) is 2.66. The highest BCUT2D eigenvalue weighted by Crippen LogP contribution is 2.26. The van der Waals surface area contributed by atoms with E-state index in [4.69, 9.17) is 0 Å². The molecule has 0 radical (unpaired) electrons. The third-order valence-electron chi connectivity index (χ3n) is 5.52. The molecule has 1 rings (SSSR count). The van der Waals surface area contributed by atoms with Crippen molar-refractivity contribution in [3.63, 3.8) is 0 Å². The van der Waals surface area contributed by atoms with Crippen LogP contribution in [0.15, 0.2) is 30.3 Å². The minimum atomic E-state index is 0.606. The molecule has 144 valence electrons. The molecule has 1 unspecified atom stereocenters. The number of unbranched alkanes of at least 4 members (excludes halogenated alkanes) is 10. The molecule has 0 amide bonds. The molecule has 0 aromatic heterocycles. The molecule has 0 heterocycles. The fraction of sp³-hybridized carbons (Fsp3) is 0.750. The van der Waals surface area contributed by atoms with Gasteiger partial charge in [-0.2, -0.15) is 0 Å². The molecule has 0 fully saturated rings. The zero-order chi connectivity index (χ0) is 18.2. The van der Waals surface area contributed by atoms with Gasteiger partial charge in [0.15, 0.2) is 0 Å². The van der Waals surface area contributed by atoms with Crippen LogP contribution < -0.4 is 0 Å². The van der Waals surface area contributed by atoms with E-state index in [9.17, 15) is 0 Å². The van der Waals surface area contributed by atoms with Crippen molar-refractivity contribution in [1.29, 1.82) is 0 Å². The molecule has 0 bridgehead atoms. The number of hydrogen-bond acceptors (Lipinski definition) is 1. The van der Waals surface area contributed by atoms with Crippen LogP contribution in [0.2, 0.25) is 0 Å². The van der Waals surface area contributed by atoms with Gasteiger partial charge in [-0.15, -0.1) is 0 Å². The maximum atomic E-state index is 2.62. The molecule has 1 heteroatoms. The number of benzene rings is 1. The lowest BCUT2D eigenvalue weighted by Gasteiger charge is -2.30. The lowest BCUT2D eigenvalue weighted by molar-refractivity contribution is 0.204. The summed E-state index contributed by atoms with van der Waals surface area (Å²) in [7, 11) is 0. The first-order chi connectivity index (χ1) is 12.3. The second-order valence-corrected chi connectivity index (χ2v) is 7.47. The van der Waals surface area contributed by atoms with Crippen molar-refractivity contribution in [2.75, 3.05) is 13.1 Å². The summed E-state index contributed by atoms with van der Waals surface area (Å²) in [6, 6.07) is 11.7. The van der Waals surface area contributed by atoms with Crippen LogP contribution in [0, 0.1) is 0 Å². The highest BCUT2D eigenvalue weighted by atomic mass is 15.1. The van der Waals surface area contributed by atoms with Gasteiger partial charge < -0.3 is 0 Å². The highest BCUT2D eigenvalue weighted by Gasteiger charge is 2.16. The van der Waals surface area contributed by atoms with Crippen molar-refractivity contribution in [2.24, 2.45) is 0 Å². The third-order valence-corrected chi connectivity index (χ3v) is 5.52. The lowest BCUT2D eigenvalue weighted by atomic mass is 9.98. The zero-order valence-electron chi connectivity index (χ0n) is 17.3. The molecular weight excluding hydrogens is 302 g/mol. The van der Waals surface area contributed by atoms with Gasteiger partial charge >= 0.3 is 0 Å². The minimum absolute atomic E-state index is 0.606. The standard InChI is InChI=1S/C24H43N/c1-4-7-8-9-10-11-12-13-14-15-19-22-24(25(5-2)6-3)23-20-17-16-18-21-23/h16-18,20-21,24H,4-15,19,22H2,1-3H3. The Morgan fingerprint density at radius 1 is 0.640 bits per heavy atom. The Kier molecular flexibility index (Phi) is 13.7. The molecule has 0 saturated heterocycles. The highest BCUT2D eigenvalue weighted by molar-refractivity contribution is 5.19. The van der Waals surface area contributed by atoms with Crippen molar-refractivity contribution in [2.45, 2.75) is 104 Å². The Labute approximate surface area is 158 Å². The molecule has 1 aromatic carbocycles. The Morgan fingerprint density at radius 2 is 1.12 bits per heavy atom. The molecule has 0 aliphatic rings. The van der Waals surface area contributed by atoms with Crippen LogP contribution in [-0.4, -0.2) is 18.0 Å². The molecular formula is C24H43N. The van der Waals surface area contributed by atoms with E-state index >= 15 is 0 Å². The van der Waals surface area contributed by atoms with Gasteiger partial charge in [-0.05, 0) is 25.1 Å². The molecule has 1 atom stereocenters. The molecule has 0 aliphatic carbocycles. The molecule has 0 N–H and O–H groups in total. The van der Waals surface area contributed by atoms with Gasteiger partial charge in [0, 0.05) is 6.04 Å². The number of nitrogens with zero attached hydrogens (tertiary/aromatic N) is 1. The van der Waals surface area contributed by atoms with Crippen LogP contribution >= 0.6 is 0 Å². The largest absolute Gasteiger partial charge is 0.297 e. The SMILES string of the molecule is CCCCCCCCCCCCCC(c1ccccc1)N(CC)CC. The monoisotopic (exact) mass is 345 g/mol. The summed E-state index contributed by atoms with van der Waals surface area (Å²) in [5.74, 6) is 0. The first-order valence-corrected chi connectivity index (χ1v) is 11.1. The first-order valence-electron chi connectivity index (χ1n) is 11.1. The minimum Gasteiger partial charge on any atom is -0.297 e. The van der Waals surface area contributed by atoms with Crippen molar-refractivity contribution in [1.82, 2.24) is 4.90 Å². The summed E-state index contributed by atoms with van der Waals surface area (Å²) in [6.45, 7) is 9.17.